The van der Waals surface area contributed by atoms with Gasteiger partial charge in [0.15, 0.2) is 0 Å². The quantitative estimate of drug-likeness (QED) is 0.676. The van der Waals surface area contributed by atoms with Crippen LogP contribution in [0.2, 0.25) is 0 Å². The maximum absolute atomic E-state index is 11.9. The molecule has 0 aliphatic carbocycles. The van der Waals surface area contributed by atoms with Crippen molar-refractivity contribution in [3.63, 3.8) is 0 Å². The minimum atomic E-state index is 0. The first-order valence-corrected chi connectivity index (χ1v) is 5.55. The fourth-order valence-corrected chi connectivity index (χ4v) is 2.24. The van der Waals surface area contributed by atoms with Crippen molar-refractivity contribution in [3.05, 3.63) is 0 Å². The molecular weight excluding hydrogens is 214 g/mol. The van der Waals surface area contributed by atoms with Gasteiger partial charge in [-0.25, -0.2) is 0 Å². The SMILES string of the molecule is Cl.NC1CCN(C(=O)[C@@H]2CCCN2)CC1. The largest absolute Gasteiger partial charge is 0.341 e. The number of nitrogens with one attached hydrogen (secondary N) is 1. The normalized spacial score (nSPS) is 27.5. The lowest BCUT2D eigenvalue weighted by atomic mass is 10.0. The van der Waals surface area contributed by atoms with Crippen LogP contribution in [0, 0.1) is 0 Å². The highest BCUT2D eigenvalue weighted by Crippen LogP contribution is 2.13. The van der Waals surface area contributed by atoms with E-state index in [1.54, 1.807) is 0 Å². The van der Waals surface area contributed by atoms with Crippen LogP contribution >= 0.6 is 12.4 Å². The van der Waals surface area contributed by atoms with Crippen LogP contribution in [-0.2, 0) is 4.79 Å². The Morgan fingerprint density at radius 2 is 1.93 bits per heavy atom. The van der Waals surface area contributed by atoms with E-state index in [4.69, 9.17) is 5.73 Å². The fraction of sp³-hybridized carbons (Fsp3) is 0.900. The summed E-state index contributed by atoms with van der Waals surface area (Å²) in [5.74, 6) is 0.286. The fourth-order valence-electron chi connectivity index (χ4n) is 2.24. The molecule has 15 heavy (non-hydrogen) atoms. The second-order valence-electron chi connectivity index (χ2n) is 4.31. The predicted octanol–water partition coefficient (Wildman–Crippen LogP) is 0.110. The summed E-state index contributed by atoms with van der Waals surface area (Å²) in [6, 6.07) is 0.389. The zero-order valence-electron chi connectivity index (χ0n) is 8.95. The molecule has 0 bridgehead atoms. The molecule has 2 aliphatic rings. The van der Waals surface area contributed by atoms with Crippen molar-refractivity contribution in [2.24, 2.45) is 5.73 Å². The van der Waals surface area contributed by atoms with Gasteiger partial charge in [-0.05, 0) is 32.2 Å². The van der Waals surface area contributed by atoms with Crippen molar-refractivity contribution in [1.29, 1.82) is 0 Å². The highest BCUT2D eigenvalue weighted by atomic mass is 35.5. The van der Waals surface area contributed by atoms with E-state index in [-0.39, 0.29) is 24.4 Å². The number of likely N-dealkylation sites (tertiary alicyclic amines) is 1. The molecule has 2 rings (SSSR count). The molecule has 2 fully saturated rings. The average Bonchev–Trinajstić information content (AvgIpc) is 2.71. The van der Waals surface area contributed by atoms with Gasteiger partial charge in [-0.15, -0.1) is 12.4 Å². The van der Waals surface area contributed by atoms with E-state index >= 15 is 0 Å². The number of rotatable bonds is 1. The van der Waals surface area contributed by atoms with Gasteiger partial charge in [0.1, 0.15) is 0 Å². The standard InChI is InChI=1S/C10H19N3O.ClH/c11-8-3-6-13(7-4-8)10(14)9-2-1-5-12-9;/h8-9,12H,1-7,11H2;1H/t9-;/m0./s1. The van der Waals surface area contributed by atoms with Gasteiger partial charge < -0.3 is 16.0 Å². The third-order valence-corrected chi connectivity index (χ3v) is 3.21. The lowest BCUT2D eigenvalue weighted by Crippen LogP contribution is -2.49. The molecule has 5 heteroatoms. The first kappa shape index (κ1) is 12.7. The zero-order chi connectivity index (χ0) is 9.97. The van der Waals surface area contributed by atoms with E-state index in [9.17, 15) is 4.79 Å². The van der Waals surface area contributed by atoms with Gasteiger partial charge in [-0.2, -0.15) is 0 Å². The summed E-state index contributed by atoms with van der Waals surface area (Å²) in [7, 11) is 0. The van der Waals surface area contributed by atoms with E-state index in [1.165, 1.54) is 0 Å². The molecule has 3 N–H and O–H groups in total. The Bertz CT molecular complexity index is 211. The van der Waals surface area contributed by atoms with Gasteiger partial charge in [0.25, 0.3) is 0 Å². The third kappa shape index (κ3) is 3.06. The number of hydrogen-bond donors (Lipinski definition) is 2. The second-order valence-corrected chi connectivity index (χ2v) is 4.31. The highest BCUT2D eigenvalue weighted by Gasteiger charge is 2.28. The topological polar surface area (TPSA) is 58.4 Å². The maximum Gasteiger partial charge on any atom is 0.239 e. The Morgan fingerprint density at radius 3 is 2.47 bits per heavy atom. The van der Waals surface area contributed by atoms with Crippen LogP contribution in [0.1, 0.15) is 25.7 Å². The third-order valence-electron chi connectivity index (χ3n) is 3.21. The second kappa shape index (κ2) is 5.68. The average molecular weight is 234 g/mol. The Hall–Kier alpha value is -0.320. The summed E-state index contributed by atoms with van der Waals surface area (Å²) in [5.41, 5.74) is 5.80. The molecule has 0 saturated carbocycles. The molecule has 0 aromatic carbocycles. The van der Waals surface area contributed by atoms with Gasteiger partial charge in [0.05, 0.1) is 6.04 Å². The molecule has 0 unspecified atom stereocenters. The van der Waals surface area contributed by atoms with Crippen LogP contribution in [0.3, 0.4) is 0 Å². The molecule has 4 nitrogen and oxygen atoms in total. The Morgan fingerprint density at radius 1 is 1.27 bits per heavy atom. The molecule has 0 radical (unpaired) electrons. The van der Waals surface area contributed by atoms with Gasteiger partial charge in [-0.1, -0.05) is 0 Å². The Kier molecular flexibility index (Phi) is 4.83. The summed E-state index contributed by atoms with van der Waals surface area (Å²) in [6.45, 7) is 2.68. The van der Waals surface area contributed by atoms with Crippen LogP contribution in [0.25, 0.3) is 0 Å². The van der Waals surface area contributed by atoms with Crippen molar-refractivity contribution < 1.29 is 4.79 Å². The summed E-state index contributed by atoms with van der Waals surface area (Å²) in [6.07, 6.45) is 4.04. The number of hydrogen-bond acceptors (Lipinski definition) is 3. The van der Waals surface area contributed by atoms with Crippen LogP contribution in [0.4, 0.5) is 0 Å². The minimum Gasteiger partial charge on any atom is -0.341 e. The number of nitrogens with zero attached hydrogens (tertiary/aromatic N) is 1. The Balaban J connectivity index is 0.00000112. The number of halogens is 1. The number of nitrogens with two attached hydrogens (primary N) is 1. The summed E-state index contributed by atoms with van der Waals surface area (Å²) >= 11 is 0. The van der Waals surface area contributed by atoms with E-state index in [1.807, 2.05) is 4.90 Å². The molecule has 0 spiro atoms. The summed E-state index contributed by atoms with van der Waals surface area (Å²) in [4.78, 5) is 13.9. The van der Waals surface area contributed by atoms with Crippen molar-refractivity contribution in [2.45, 2.75) is 37.8 Å². The summed E-state index contributed by atoms with van der Waals surface area (Å²) in [5, 5.41) is 3.24. The maximum atomic E-state index is 11.9. The minimum absolute atomic E-state index is 0. The van der Waals surface area contributed by atoms with Crippen LogP contribution in [0.5, 0.6) is 0 Å². The van der Waals surface area contributed by atoms with Crippen molar-refractivity contribution in [1.82, 2.24) is 10.2 Å². The first-order valence-electron chi connectivity index (χ1n) is 5.55. The monoisotopic (exact) mass is 233 g/mol. The molecule has 0 aromatic heterocycles. The van der Waals surface area contributed by atoms with Gasteiger partial charge in [0, 0.05) is 19.1 Å². The van der Waals surface area contributed by atoms with E-state index in [2.05, 4.69) is 5.32 Å². The molecular formula is C10H20ClN3O. The number of piperidine rings is 1. The molecule has 2 heterocycles. The lowest BCUT2D eigenvalue weighted by molar-refractivity contribution is -0.134. The van der Waals surface area contributed by atoms with E-state index in [0.717, 1.165) is 45.3 Å². The smallest absolute Gasteiger partial charge is 0.239 e. The molecule has 88 valence electrons. The van der Waals surface area contributed by atoms with Crippen LogP contribution in [-0.4, -0.2) is 42.5 Å². The van der Waals surface area contributed by atoms with Crippen LogP contribution < -0.4 is 11.1 Å². The van der Waals surface area contributed by atoms with E-state index in [0.29, 0.717) is 6.04 Å². The number of carbonyl (C=O) groups is 1. The Labute approximate surface area is 97.0 Å². The molecule has 1 atom stereocenters. The van der Waals surface area contributed by atoms with Crippen molar-refractivity contribution in [2.75, 3.05) is 19.6 Å². The summed E-state index contributed by atoms with van der Waals surface area (Å²) < 4.78 is 0. The molecule has 0 aromatic rings. The van der Waals surface area contributed by atoms with Gasteiger partial charge in [0.2, 0.25) is 5.91 Å². The predicted molar refractivity (Wildman–Crippen MR) is 62.1 cm³/mol. The van der Waals surface area contributed by atoms with Gasteiger partial charge >= 0.3 is 0 Å². The number of carbonyl (C=O) groups excluding carboxylic acids is 1. The number of amides is 1. The van der Waals surface area contributed by atoms with E-state index < -0.39 is 0 Å². The van der Waals surface area contributed by atoms with Gasteiger partial charge in [-0.3, -0.25) is 4.79 Å². The molecule has 1 amide bonds. The zero-order valence-corrected chi connectivity index (χ0v) is 9.76. The highest BCUT2D eigenvalue weighted by molar-refractivity contribution is 5.85. The first-order chi connectivity index (χ1) is 6.77. The lowest BCUT2D eigenvalue weighted by Gasteiger charge is -2.32. The van der Waals surface area contributed by atoms with Crippen LogP contribution in [0.15, 0.2) is 0 Å². The molecule has 2 saturated heterocycles. The van der Waals surface area contributed by atoms with Crippen molar-refractivity contribution in [3.8, 4) is 0 Å². The van der Waals surface area contributed by atoms with Crippen molar-refractivity contribution >= 4 is 18.3 Å². The molecule has 2 aliphatic heterocycles.